The van der Waals surface area contributed by atoms with Crippen LogP contribution in [0.2, 0.25) is 0 Å². The fourth-order valence-electron chi connectivity index (χ4n) is 2.68. The van der Waals surface area contributed by atoms with Crippen molar-refractivity contribution in [2.45, 2.75) is 25.2 Å². The molecule has 1 atom stereocenters. The van der Waals surface area contributed by atoms with E-state index in [1.807, 2.05) is 0 Å². The Morgan fingerprint density at radius 3 is 2.81 bits per heavy atom. The summed E-state index contributed by atoms with van der Waals surface area (Å²) in [7, 11) is 0. The number of amides is 1. The Balaban J connectivity index is 1.98. The molecule has 10 heteroatoms. The van der Waals surface area contributed by atoms with Gasteiger partial charge in [0, 0.05) is 24.8 Å². The van der Waals surface area contributed by atoms with Crippen LogP contribution in [0.1, 0.15) is 23.3 Å². The summed E-state index contributed by atoms with van der Waals surface area (Å²) in [5.74, 6) is 0.125. The highest BCUT2D eigenvalue weighted by atomic mass is 32.2. The van der Waals surface area contributed by atoms with E-state index in [1.54, 1.807) is 13.8 Å². The van der Waals surface area contributed by atoms with E-state index < -0.39 is 23.0 Å². The molecule has 0 saturated carbocycles. The maximum absolute atomic E-state index is 12.9. The van der Waals surface area contributed by atoms with Gasteiger partial charge in [0.2, 0.25) is 0 Å². The predicted molar refractivity (Wildman–Crippen MR) is 89.4 cm³/mol. The van der Waals surface area contributed by atoms with E-state index in [9.17, 15) is 18.0 Å². The predicted octanol–water partition coefficient (Wildman–Crippen LogP) is 3.37. The van der Waals surface area contributed by atoms with Crippen LogP contribution in [-0.4, -0.2) is 39.4 Å². The third kappa shape index (κ3) is 3.80. The topological polar surface area (TPSA) is 81.6 Å². The molecule has 1 aliphatic rings. The van der Waals surface area contributed by atoms with Crippen LogP contribution in [0.5, 0.6) is 5.75 Å². The molecule has 0 aliphatic carbocycles. The van der Waals surface area contributed by atoms with Gasteiger partial charge in [-0.1, -0.05) is 12.1 Å². The van der Waals surface area contributed by atoms with Crippen LogP contribution in [-0.2, 0) is 0 Å². The molecule has 26 heavy (non-hydrogen) atoms. The molecule has 1 aromatic heterocycles. The van der Waals surface area contributed by atoms with Crippen LogP contribution >= 0.6 is 11.8 Å². The SMILES string of the molecule is Cc1nc(C(=O)N2CCSC2(C)N)c(-c2cccc(OC(F)(F)F)c2)o1. The molecule has 0 spiro atoms. The Kier molecular flexibility index (Phi) is 4.65. The normalized spacial score (nSPS) is 20.5. The highest BCUT2D eigenvalue weighted by molar-refractivity contribution is 8.00. The van der Waals surface area contributed by atoms with Crippen LogP contribution in [0.3, 0.4) is 0 Å². The quantitative estimate of drug-likeness (QED) is 0.870. The number of nitrogens with two attached hydrogens (primary N) is 1. The van der Waals surface area contributed by atoms with Crippen molar-refractivity contribution in [2.24, 2.45) is 5.73 Å². The number of halogens is 3. The second kappa shape index (κ2) is 6.51. The summed E-state index contributed by atoms with van der Waals surface area (Å²) in [4.78, 5) is 17.6. The van der Waals surface area contributed by atoms with Crippen molar-refractivity contribution in [1.29, 1.82) is 0 Å². The molecule has 6 nitrogen and oxygen atoms in total. The Labute approximate surface area is 151 Å². The van der Waals surface area contributed by atoms with Crippen molar-refractivity contribution < 1.29 is 27.1 Å². The van der Waals surface area contributed by atoms with Crippen molar-refractivity contribution >= 4 is 17.7 Å². The van der Waals surface area contributed by atoms with Gasteiger partial charge < -0.3 is 19.8 Å². The average molecular weight is 387 g/mol. The minimum atomic E-state index is -4.82. The summed E-state index contributed by atoms with van der Waals surface area (Å²) in [5, 5.41) is 0. The van der Waals surface area contributed by atoms with E-state index in [2.05, 4.69) is 9.72 Å². The maximum atomic E-state index is 12.9. The number of benzene rings is 1. The first-order valence-corrected chi connectivity index (χ1v) is 8.64. The third-order valence-electron chi connectivity index (χ3n) is 3.76. The first-order chi connectivity index (χ1) is 12.1. The van der Waals surface area contributed by atoms with Crippen LogP contribution in [0.15, 0.2) is 28.7 Å². The number of alkyl halides is 3. The molecule has 2 N–H and O–H groups in total. The lowest BCUT2D eigenvalue weighted by atomic mass is 10.1. The van der Waals surface area contributed by atoms with Gasteiger partial charge in [-0.3, -0.25) is 4.79 Å². The molecule has 1 aromatic carbocycles. The number of hydrogen-bond donors (Lipinski definition) is 1. The van der Waals surface area contributed by atoms with Gasteiger partial charge in [0.25, 0.3) is 5.91 Å². The van der Waals surface area contributed by atoms with E-state index >= 15 is 0 Å². The maximum Gasteiger partial charge on any atom is 0.573 e. The first-order valence-electron chi connectivity index (χ1n) is 7.65. The zero-order valence-corrected chi connectivity index (χ0v) is 14.8. The van der Waals surface area contributed by atoms with Crippen molar-refractivity contribution in [3.05, 3.63) is 35.9 Å². The number of aromatic nitrogens is 1. The number of ether oxygens (including phenoxy) is 1. The van der Waals surface area contributed by atoms with Gasteiger partial charge in [-0.15, -0.1) is 24.9 Å². The molecule has 2 heterocycles. The number of carbonyl (C=O) groups excluding carboxylic acids is 1. The van der Waals surface area contributed by atoms with Crippen molar-refractivity contribution in [3.63, 3.8) is 0 Å². The summed E-state index contributed by atoms with van der Waals surface area (Å²) in [6.07, 6.45) is -4.82. The smallest absolute Gasteiger partial charge is 0.440 e. The Morgan fingerprint density at radius 1 is 1.46 bits per heavy atom. The minimum Gasteiger partial charge on any atom is -0.440 e. The highest BCUT2D eigenvalue weighted by Gasteiger charge is 2.39. The first kappa shape index (κ1) is 18.6. The summed E-state index contributed by atoms with van der Waals surface area (Å²) in [6.45, 7) is 3.71. The van der Waals surface area contributed by atoms with Crippen molar-refractivity contribution in [2.75, 3.05) is 12.3 Å². The zero-order valence-electron chi connectivity index (χ0n) is 14.0. The lowest BCUT2D eigenvalue weighted by Gasteiger charge is -2.29. The van der Waals surface area contributed by atoms with Crippen LogP contribution in [0.4, 0.5) is 13.2 Å². The molecule has 1 aliphatic heterocycles. The van der Waals surface area contributed by atoms with E-state index in [1.165, 1.54) is 28.8 Å². The van der Waals surface area contributed by atoms with Gasteiger partial charge in [-0.2, -0.15) is 0 Å². The van der Waals surface area contributed by atoms with Crippen LogP contribution < -0.4 is 10.5 Å². The Morgan fingerprint density at radius 2 is 2.19 bits per heavy atom. The summed E-state index contributed by atoms with van der Waals surface area (Å²) >= 11 is 1.43. The molecule has 1 amide bonds. The Hall–Kier alpha value is -2.20. The van der Waals surface area contributed by atoms with Crippen LogP contribution in [0, 0.1) is 6.92 Å². The van der Waals surface area contributed by atoms with Gasteiger partial charge in [-0.05, 0) is 19.1 Å². The number of oxazole rings is 1. The Bertz CT molecular complexity index is 836. The summed E-state index contributed by atoms with van der Waals surface area (Å²) < 4.78 is 46.7. The standard InChI is InChI=1S/C16H16F3N3O3S/c1-9-21-12(14(23)22-6-7-26-15(22,2)20)13(24-9)10-4-3-5-11(8-10)25-16(17,18)19/h3-5,8H,6-7,20H2,1-2H3. The molecule has 2 aromatic rings. The fraction of sp³-hybridized carbons (Fsp3) is 0.375. The number of aryl methyl sites for hydroxylation is 1. The monoisotopic (exact) mass is 387 g/mol. The number of nitrogens with zero attached hydrogens (tertiary/aromatic N) is 2. The molecule has 1 saturated heterocycles. The van der Waals surface area contributed by atoms with Crippen LogP contribution in [0.25, 0.3) is 11.3 Å². The van der Waals surface area contributed by atoms with E-state index in [0.717, 1.165) is 12.1 Å². The molecular weight excluding hydrogens is 371 g/mol. The summed E-state index contributed by atoms with van der Waals surface area (Å²) in [5.41, 5.74) is 6.37. The van der Waals surface area contributed by atoms with Gasteiger partial charge >= 0.3 is 6.36 Å². The third-order valence-corrected chi connectivity index (χ3v) is 4.95. The fourth-order valence-corrected chi connectivity index (χ4v) is 3.69. The molecule has 3 rings (SSSR count). The second-order valence-corrected chi connectivity index (χ2v) is 7.37. The lowest BCUT2D eigenvalue weighted by Crippen LogP contribution is -2.50. The number of rotatable bonds is 3. The van der Waals surface area contributed by atoms with E-state index in [-0.39, 0.29) is 22.9 Å². The van der Waals surface area contributed by atoms with Gasteiger partial charge in [0.1, 0.15) is 10.7 Å². The molecular formula is C16H16F3N3O3S. The largest absolute Gasteiger partial charge is 0.573 e. The summed E-state index contributed by atoms with van der Waals surface area (Å²) in [6, 6.07) is 5.20. The molecule has 1 unspecified atom stereocenters. The van der Waals surface area contributed by atoms with Gasteiger partial charge in [0.15, 0.2) is 17.3 Å². The molecule has 0 radical (unpaired) electrons. The van der Waals surface area contributed by atoms with E-state index in [0.29, 0.717) is 12.3 Å². The number of thioether (sulfide) groups is 1. The number of hydrogen-bond acceptors (Lipinski definition) is 6. The number of carbonyl (C=O) groups is 1. The second-order valence-electron chi connectivity index (χ2n) is 5.85. The highest BCUT2D eigenvalue weighted by Crippen LogP contribution is 2.35. The molecule has 140 valence electrons. The van der Waals surface area contributed by atoms with Gasteiger partial charge in [-0.25, -0.2) is 4.98 Å². The molecule has 0 bridgehead atoms. The zero-order chi connectivity index (χ0) is 19.1. The van der Waals surface area contributed by atoms with E-state index in [4.69, 9.17) is 10.2 Å². The average Bonchev–Trinajstić information content (AvgIpc) is 3.07. The lowest BCUT2D eigenvalue weighted by molar-refractivity contribution is -0.274. The minimum absolute atomic E-state index is 0.00540. The van der Waals surface area contributed by atoms with Gasteiger partial charge in [0.05, 0.1) is 0 Å². The van der Waals surface area contributed by atoms with Crippen molar-refractivity contribution in [3.8, 4) is 17.1 Å². The van der Waals surface area contributed by atoms with Crippen molar-refractivity contribution in [1.82, 2.24) is 9.88 Å². The molecule has 1 fully saturated rings.